The van der Waals surface area contributed by atoms with Crippen LogP contribution in [0.5, 0.6) is 11.5 Å². The van der Waals surface area contributed by atoms with Gasteiger partial charge in [-0.1, -0.05) is 24.3 Å². The van der Waals surface area contributed by atoms with Gasteiger partial charge in [-0.05, 0) is 93.6 Å². The van der Waals surface area contributed by atoms with Crippen molar-refractivity contribution in [3.8, 4) is 22.6 Å². The third-order valence-electron chi connectivity index (χ3n) is 5.98. The molecular formula is C26H38N2O3. The van der Waals surface area contributed by atoms with Crippen molar-refractivity contribution >= 4 is 0 Å². The van der Waals surface area contributed by atoms with Gasteiger partial charge in [-0.3, -0.25) is 0 Å². The van der Waals surface area contributed by atoms with Gasteiger partial charge in [-0.25, -0.2) is 0 Å². The molecular weight excluding hydrogens is 388 g/mol. The first-order valence-electron chi connectivity index (χ1n) is 11.7. The van der Waals surface area contributed by atoms with Gasteiger partial charge in [0, 0.05) is 13.1 Å². The van der Waals surface area contributed by atoms with Crippen LogP contribution in [0.4, 0.5) is 0 Å². The van der Waals surface area contributed by atoms with Crippen LogP contribution in [0.25, 0.3) is 11.1 Å². The molecule has 0 bridgehead atoms. The Bertz CT molecular complexity index is 803. The summed E-state index contributed by atoms with van der Waals surface area (Å²) in [6, 6.07) is 12.6. The fourth-order valence-corrected chi connectivity index (χ4v) is 4.19. The minimum absolute atomic E-state index is 0.169. The molecule has 31 heavy (non-hydrogen) atoms. The highest BCUT2D eigenvalue weighted by atomic mass is 16.5. The summed E-state index contributed by atoms with van der Waals surface area (Å²) in [6.07, 6.45) is 4.65. The van der Waals surface area contributed by atoms with Crippen LogP contribution in [0.15, 0.2) is 36.4 Å². The normalized spacial score (nSPS) is 14.2. The van der Waals surface area contributed by atoms with E-state index >= 15 is 0 Å². The van der Waals surface area contributed by atoms with E-state index in [1.54, 1.807) is 0 Å². The van der Waals surface area contributed by atoms with Crippen LogP contribution in [0.1, 0.15) is 36.8 Å². The maximum Gasteiger partial charge on any atom is 0.122 e. The van der Waals surface area contributed by atoms with Crippen molar-refractivity contribution in [2.24, 2.45) is 0 Å². The van der Waals surface area contributed by atoms with Gasteiger partial charge in [0.25, 0.3) is 0 Å². The molecule has 0 amide bonds. The second kappa shape index (κ2) is 12.7. The highest BCUT2D eigenvalue weighted by molar-refractivity contribution is 5.74. The summed E-state index contributed by atoms with van der Waals surface area (Å²) < 4.78 is 12.2. The number of hydrogen-bond donors (Lipinski definition) is 2. The number of hydrogen-bond acceptors (Lipinski definition) is 5. The molecule has 0 unspecified atom stereocenters. The summed E-state index contributed by atoms with van der Waals surface area (Å²) in [5, 5.41) is 12.0. The highest BCUT2D eigenvalue weighted by Crippen LogP contribution is 2.35. The molecule has 170 valence electrons. The van der Waals surface area contributed by atoms with Crippen molar-refractivity contribution in [1.82, 2.24) is 10.2 Å². The van der Waals surface area contributed by atoms with Gasteiger partial charge in [0.1, 0.15) is 11.5 Å². The standard InChI is InChI=1S/C26H38N2O3/c1-21-23(9-5-11-25(21)30-19-7-13-27-14-18-29)24-10-6-12-26(22(24)2)31-20-8-17-28-15-3-4-16-28/h5-6,9-12,27,29H,3-4,7-8,13-20H2,1-2H3. The average Bonchev–Trinajstić information content (AvgIpc) is 3.30. The Morgan fingerprint density at radius 3 is 2.00 bits per heavy atom. The second-order valence-electron chi connectivity index (χ2n) is 8.28. The summed E-state index contributed by atoms with van der Waals surface area (Å²) in [5.74, 6) is 1.90. The molecule has 1 heterocycles. The average molecular weight is 427 g/mol. The van der Waals surface area contributed by atoms with Crippen molar-refractivity contribution in [2.45, 2.75) is 39.5 Å². The first-order valence-corrected chi connectivity index (χ1v) is 11.7. The number of nitrogens with zero attached hydrogens (tertiary/aromatic N) is 1. The molecule has 5 nitrogen and oxygen atoms in total. The lowest BCUT2D eigenvalue weighted by Gasteiger charge is -2.18. The fraction of sp³-hybridized carbons (Fsp3) is 0.538. The van der Waals surface area contributed by atoms with Crippen LogP contribution < -0.4 is 14.8 Å². The van der Waals surface area contributed by atoms with E-state index in [0.29, 0.717) is 13.2 Å². The predicted octanol–water partition coefficient (Wildman–Crippen LogP) is 4.19. The molecule has 0 spiro atoms. The van der Waals surface area contributed by atoms with Crippen LogP contribution in [0, 0.1) is 13.8 Å². The molecule has 1 aliphatic rings. The summed E-state index contributed by atoms with van der Waals surface area (Å²) in [7, 11) is 0. The SMILES string of the molecule is Cc1c(OCCCNCCO)cccc1-c1cccc(OCCCN2CCCC2)c1C. The van der Waals surface area contributed by atoms with E-state index in [9.17, 15) is 0 Å². The zero-order valence-corrected chi connectivity index (χ0v) is 19.2. The number of likely N-dealkylation sites (tertiary alicyclic amines) is 1. The van der Waals surface area contributed by atoms with Crippen LogP contribution >= 0.6 is 0 Å². The van der Waals surface area contributed by atoms with Gasteiger partial charge in [-0.15, -0.1) is 0 Å². The number of benzene rings is 2. The van der Waals surface area contributed by atoms with Crippen LogP contribution in [0.3, 0.4) is 0 Å². The number of aliphatic hydroxyl groups excluding tert-OH is 1. The van der Waals surface area contributed by atoms with E-state index in [0.717, 1.165) is 49.6 Å². The Morgan fingerprint density at radius 1 is 0.839 bits per heavy atom. The quantitative estimate of drug-likeness (QED) is 0.471. The predicted molar refractivity (Wildman–Crippen MR) is 127 cm³/mol. The zero-order valence-electron chi connectivity index (χ0n) is 19.2. The van der Waals surface area contributed by atoms with Gasteiger partial charge in [0.05, 0.1) is 19.8 Å². The topological polar surface area (TPSA) is 54.0 Å². The maximum absolute atomic E-state index is 8.82. The number of rotatable bonds is 13. The van der Waals surface area contributed by atoms with Crippen LogP contribution in [-0.4, -0.2) is 62.6 Å². The van der Waals surface area contributed by atoms with Gasteiger partial charge in [-0.2, -0.15) is 0 Å². The fourth-order valence-electron chi connectivity index (χ4n) is 4.19. The van der Waals surface area contributed by atoms with E-state index in [2.05, 4.69) is 54.4 Å². The van der Waals surface area contributed by atoms with Crippen molar-refractivity contribution in [3.05, 3.63) is 47.5 Å². The molecule has 1 saturated heterocycles. The smallest absolute Gasteiger partial charge is 0.122 e. The molecule has 0 aromatic heterocycles. The Balaban J connectivity index is 1.59. The molecule has 1 fully saturated rings. The number of ether oxygens (including phenoxy) is 2. The van der Waals surface area contributed by atoms with E-state index in [-0.39, 0.29) is 6.61 Å². The molecule has 5 heteroatoms. The Kier molecular flexibility index (Phi) is 9.66. The second-order valence-corrected chi connectivity index (χ2v) is 8.28. The Morgan fingerprint density at radius 2 is 1.42 bits per heavy atom. The van der Waals surface area contributed by atoms with Gasteiger partial charge >= 0.3 is 0 Å². The maximum atomic E-state index is 8.82. The van der Waals surface area contributed by atoms with Crippen molar-refractivity contribution < 1.29 is 14.6 Å². The molecule has 1 aliphatic heterocycles. The zero-order chi connectivity index (χ0) is 21.9. The number of nitrogens with one attached hydrogen (secondary N) is 1. The molecule has 2 aromatic rings. The summed E-state index contributed by atoms with van der Waals surface area (Å²) in [6.45, 7) is 10.9. The van der Waals surface area contributed by atoms with Crippen LogP contribution in [-0.2, 0) is 0 Å². The monoisotopic (exact) mass is 426 g/mol. The molecule has 3 rings (SSSR count). The minimum Gasteiger partial charge on any atom is -0.493 e. The molecule has 2 aromatic carbocycles. The first-order chi connectivity index (χ1) is 15.2. The largest absolute Gasteiger partial charge is 0.493 e. The van der Waals surface area contributed by atoms with Crippen molar-refractivity contribution in [1.29, 1.82) is 0 Å². The number of aliphatic hydroxyl groups is 1. The highest BCUT2D eigenvalue weighted by Gasteiger charge is 2.13. The van der Waals surface area contributed by atoms with E-state index in [4.69, 9.17) is 14.6 Å². The molecule has 0 atom stereocenters. The third kappa shape index (κ3) is 6.96. The summed E-state index contributed by atoms with van der Waals surface area (Å²) in [4.78, 5) is 2.53. The molecule has 0 aliphatic carbocycles. The summed E-state index contributed by atoms with van der Waals surface area (Å²) in [5.41, 5.74) is 4.72. The van der Waals surface area contributed by atoms with Crippen LogP contribution in [0.2, 0.25) is 0 Å². The Hall–Kier alpha value is -2.08. The van der Waals surface area contributed by atoms with Gasteiger partial charge in [0.2, 0.25) is 0 Å². The molecule has 0 radical (unpaired) electrons. The Labute approximate surface area is 187 Å². The van der Waals surface area contributed by atoms with E-state index < -0.39 is 0 Å². The van der Waals surface area contributed by atoms with Gasteiger partial charge < -0.3 is 24.8 Å². The lowest BCUT2D eigenvalue weighted by molar-refractivity contribution is 0.262. The molecule has 2 N–H and O–H groups in total. The lowest BCUT2D eigenvalue weighted by atomic mass is 9.95. The third-order valence-corrected chi connectivity index (χ3v) is 5.98. The first kappa shape index (κ1) is 23.6. The van der Waals surface area contributed by atoms with Crippen molar-refractivity contribution in [2.75, 3.05) is 52.5 Å². The van der Waals surface area contributed by atoms with E-state index in [1.165, 1.54) is 42.6 Å². The van der Waals surface area contributed by atoms with Gasteiger partial charge in [0.15, 0.2) is 0 Å². The minimum atomic E-state index is 0.169. The van der Waals surface area contributed by atoms with E-state index in [1.807, 2.05) is 6.07 Å². The lowest BCUT2D eigenvalue weighted by Crippen LogP contribution is -2.22. The molecule has 0 saturated carbocycles. The van der Waals surface area contributed by atoms with Crippen molar-refractivity contribution in [3.63, 3.8) is 0 Å². The summed E-state index contributed by atoms with van der Waals surface area (Å²) >= 11 is 0.